The Labute approximate surface area is 174 Å². The minimum absolute atomic E-state index is 0.0824. The fourth-order valence-electron chi connectivity index (χ4n) is 2.94. The molecule has 0 atom stereocenters. The normalized spacial score (nSPS) is 11.2. The number of amides is 1. The van der Waals surface area contributed by atoms with Crippen molar-refractivity contribution in [1.29, 1.82) is 0 Å². The Morgan fingerprint density at radius 1 is 1.07 bits per heavy atom. The van der Waals surface area contributed by atoms with E-state index in [2.05, 4.69) is 5.10 Å². The van der Waals surface area contributed by atoms with Crippen LogP contribution in [0.15, 0.2) is 53.6 Å². The highest BCUT2D eigenvalue weighted by Gasteiger charge is 2.22. The molecular formula is C21H21N3O5S. The van der Waals surface area contributed by atoms with Crippen LogP contribution in [-0.4, -0.2) is 37.0 Å². The number of rotatable bonds is 6. The van der Waals surface area contributed by atoms with Crippen LogP contribution in [-0.2, 0) is 10.0 Å². The van der Waals surface area contributed by atoms with Crippen LogP contribution in [0.25, 0.3) is 5.69 Å². The maximum absolute atomic E-state index is 12.6. The molecule has 3 aromatic rings. The zero-order valence-electron chi connectivity index (χ0n) is 17.0. The number of ether oxygens (including phenoxy) is 1. The van der Waals surface area contributed by atoms with Crippen molar-refractivity contribution < 1.29 is 22.7 Å². The molecule has 0 aliphatic carbocycles. The molecule has 0 aliphatic rings. The van der Waals surface area contributed by atoms with Crippen LogP contribution in [0.4, 0.5) is 0 Å². The van der Waals surface area contributed by atoms with E-state index < -0.39 is 15.9 Å². The van der Waals surface area contributed by atoms with E-state index in [0.29, 0.717) is 17.0 Å². The fraction of sp³-hybridized carbons (Fsp3) is 0.190. The van der Waals surface area contributed by atoms with E-state index in [9.17, 15) is 18.0 Å². The molecule has 0 aliphatic heterocycles. The third kappa shape index (κ3) is 4.25. The Kier molecular flexibility index (Phi) is 5.75. The number of aromatic nitrogens is 2. The molecule has 0 saturated carbocycles. The Morgan fingerprint density at radius 3 is 2.47 bits per heavy atom. The SMILES string of the molecule is COc1ccc(C)cc1-n1ccc(C(=O)NS(=O)(=O)c2ccc(C)c(C(C)=O)c2)n1. The number of hydrogen-bond acceptors (Lipinski definition) is 6. The molecule has 0 fully saturated rings. The molecule has 0 radical (unpaired) electrons. The van der Waals surface area contributed by atoms with E-state index in [1.54, 1.807) is 19.2 Å². The van der Waals surface area contributed by atoms with Crippen molar-refractivity contribution in [3.05, 3.63) is 71.0 Å². The zero-order valence-corrected chi connectivity index (χ0v) is 17.8. The minimum atomic E-state index is -4.18. The Bertz CT molecular complexity index is 1250. The average molecular weight is 427 g/mol. The number of nitrogens with one attached hydrogen (secondary N) is 1. The first-order valence-corrected chi connectivity index (χ1v) is 10.5. The number of hydrogen-bond donors (Lipinski definition) is 1. The van der Waals surface area contributed by atoms with Gasteiger partial charge in [-0.2, -0.15) is 5.10 Å². The molecule has 30 heavy (non-hydrogen) atoms. The van der Waals surface area contributed by atoms with Crippen molar-refractivity contribution in [1.82, 2.24) is 14.5 Å². The highest BCUT2D eigenvalue weighted by Crippen LogP contribution is 2.23. The molecule has 1 N–H and O–H groups in total. The Hall–Kier alpha value is -3.46. The minimum Gasteiger partial charge on any atom is -0.494 e. The summed E-state index contributed by atoms with van der Waals surface area (Å²) in [6.07, 6.45) is 1.54. The van der Waals surface area contributed by atoms with Crippen LogP contribution in [0.3, 0.4) is 0 Å². The second-order valence-corrected chi connectivity index (χ2v) is 8.47. The third-order valence-electron chi connectivity index (χ3n) is 4.53. The standard InChI is InChI=1S/C21H21N3O5S/c1-13-5-8-20(29-4)19(11-13)24-10-9-18(22-24)21(26)23-30(27,28)16-7-6-14(2)17(12-16)15(3)25/h5-12H,1-4H3,(H,23,26). The van der Waals surface area contributed by atoms with Gasteiger partial charge in [-0.3, -0.25) is 9.59 Å². The molecule has 1 aromatic heterocycles. The van der Waals surface area contributed by atoms with E-state index in [1.165, 1.54) is 43.0 Å². The highest BCUT2D eigenvalue weighted by atomic mass is 32.2. The summed E-state index contributed by atoms with van der Waals surface area (Å²) in [5.74, 6) is -0.591. The first-order chi connectivity index (χ1) is 14.1. The lowest BCUT2D eigenvalue weighted by molar-refractivity contribution is 0.0974. The summed E-state index contributed by atoms with van der Waals surface area (Å²) < 4.78 is 34.0. The molecule has 1 heterocycles. The molecule has 3 rings (SSSR count). The first-order valence-electron chi connectivity index (χ1n) is 9.02. The maximum Gasteiger partial charge on any atom is 0.285 e. The summed E-state index contributed by atoms with van der Waals surface area (Å²) in [4.78, 5) is 24.0. The van der Waals surface area contributed by atoms with Crippen LogP contribution in [0.5, 0.6) is 5.75 Å². The van der Waals surface area contributed by atoms with Crippen molar-refractivity contribution in [3.8, 4) is 11.4 Å². The summed E-state index contributed by atoms with van der Waals surface area (Å²) in [6, 6.07) is 11.0. The molecule has 2 aromatic carbocycles. The predicted molar refractivity (Wildman–Crippen MR) is 111 cm³/mol. The number of carbonyl (C=O) groups excluding carboxylic acids is 2. The number of carbonyl (C=O) groups is 2. The number of methoxy groups -OCH3 is 1. The van der Waals surface area contributed by atoms with Crippen molar-refractivity contribution in [2.75, 3.05) is 7.11 Å². The second-order valence-electron chi connectivity index (χ2n) is 6.79. The van der Waals surface area contributed by atoms with Crippen LogP contribution in [0.2, 0.25) is 0 Å². The van der Waals surface area contributed by atoms with Gasteiger partial charge in [0.1, 0.15) is 11.4 Å². The predicted octanol–water partition coefficient (Wildman–Crippen LogP) is 2.82. The van der Waals surface area contributed by atoms with Crippen molar-refractivity contribution in [2.24, 2.45) is 0 Å². The van der Waals surface area contributed by atoms with Gasteiger partial charge < -0.3 is 4.74 Å². The molecule has 9 heteroatoms. The summed E-state index contributed by atoms with van der Waals surface area (Å²) in [6.45, 7) is 4.96. The van der Waals surface area contributed by atoms with E-state index in [1.807, 2.05) is 23.8 Å². The molecule has 8 nitrogen and oxygen atoms in total. The number of nitrogens with zero attached hydrogens (tertiary/aromatic N) is 2. The highest BCUT2D eigenvalue weighted by molar-refractivity contribution is 7.90. The van der Waals surface area contributed by atoms with Gasteiger partial charge in [-0.25, -0.2) is 17.8 Å². The van der Waals surface area contributed by atoms with Gasteiger partial charge in [-0.1, -0.05) is 12.1 Å². The summed E-state index contributed by atoms with van der Waals surface area (Å²) in [7, 11) is -2.66. The van der Waals surface area contributed by atoms with Gasteiger partial charge >= 0.3 is 0 Å². The van der Waals surface area contributed by atoms with Crippen molar-refractivity contribution in [2.45, 2.75) is 25.7 Å². The maximum atomic E-state index is 12.6. The molecule has 0 unspecified atom stereocenters. The number of aryl methyl sites for hydroxylation is 2. The first kappa shape index (κ1) is 21.3. The number of sulfonamides is 1. The van der Waals surface area contributed by atoms with Gasteiger partial charge in [0.25, 0.3) is 15.9 Å². The Balaban J connectivity index is 1.88. The smallest absolute Gasteiger partial charge is 0.285 e. The van der Waals surface area contributed by atoms with Crippen LogP contribution >= 0.6 is 0 Å². The van der Waals surface area contributed by atoms with Crippen molar-refractivity contribution in [3.63, 3.8) is 0 Å². The number of Topliss-reactive ketones (excluding diaryl/α,β-unsaturated/α-hetero) is 1. The molecule has 0 spiro atoms. The van der Waals surface area contributed by atoms with E-state index in [4.69, 9.17) is 4.74 Å². The van der Waals surface area contributed by atoms with Crippen molar-refractivity contribution >= 4 is 21.7 Å². The lowest BCUT2D eigenvalue weighted by Crippen LogP contribution is -2.31. The van der Waals surface area contributed by atoms with Gasteiger partial charge in [0, 0.05) is 11.8 Å². The average Bonchev–Trinajstić information content (AvgIpc) is 3.18. The largest absolute Gasteiger partial charge is 0.494 e. The van der Waals surface area contributed by atoms with E-state index in [-0.39, 0.29) is 21.9 Å². The van der Waals surface area contributed by atoms with Crippen LogP contribution in [0, 0.1) is 13.8 Å². The third-order valence-corrected chi connectivity index (χ3v) is 5.86. The van der Waals surface area contributed by atoms with Gasteiger partial charge in [-0.15, -0.1) is 0 Å². The molecule has 156 valence electrons. The van der Waals surface area contributed by atoms with E-state index in [0.717, 1.165) is 5.56 Å². The fourth-order valence-corrected chi connectivity index (χ4v) is 3.93. The van der Waals surface area contributed by atoms with Gasteiger partial charge in [0.15, 0.2) is 11.5 Å². The van der Waals surface area contributed by atoms with Gasteiger partial charge in [0.2, 0.25) is 0 Å². The number of ketones is 1. The molecule has 0 bridgehead atoms. The van der Waals surface area contributed by atoms with Gasteiger partial charge in [0.05, 0.1) is 12.0 Å². The molecule has 0 saturated heterocycles. The van der Waals surface area contributed by atoms with Crippen LogP contribution in [0.1, 0.15) is 38.9 Å². The second kappa shape index (κ2) is 8.11. The summed E-state index contributed by atoms with van der Waals surface area (Å²) in [5.41, 5.74) is 2.43. The topological polar surface area (TPSA) is 107 Å². The summed E-state index contributed by atoms with van der Waals surface area (Å²) in [5, 5.41) is 4.17. The lowest BCUT2D eigenvalue weighted by Gasteiger charge is -2.10. The van der Waals surface area contributed by atoms with Gasteiger partial charge in [-0.05, 0) is 62.2 Å². The van der Waals surface area contributed by atoms with E-state index >= 15 is 0 Å². The number of benzene rings is 2. The Morgan fingerprint density at radius 2 is 1.80 bits per heavy atom. The zero-order chi connectivity index (χ0) is 22.1. The lowest BCUT2D eigenvalue weighted by atomic mass is 10.1. The molecule has 1 amide bonds. The monoisotopic (exact) mass is 427 g/mol. The van der Waals surface area contributed by atoms with Crippen LogP contribution < -0.4 is 9.46 Å². The molecular weight excluding hydrogens is 406 g/mol. The summed E-state index contributed by atoms with van der Waals surface area (Å²) >= 11 is 0. The quantitative estimate of drug-likeness (QED) is 0.606.